The molecule has 0 spiro atoms. The summed E-state index contributed by atoms with van der Waals surface area (Å²) in [6.07, 6.45) is -1.35. The summed E-state index contributed by atoms with van der Waals surface area (Å²) in [6.45, 7) is 6.73. The highest BCUT2D eigenvalue weighted by Gasteiger charge is 2.64. The quantitative estimate of drug-likeness (QED) is 0.285. The van der Waals surface area contributed by atoms with E-state index in [1.807, 2.05) is 0 Å². The second-order valence-corrected chi connectivity index (χ2v) is 12.1. The van der Waals surface area contributed by atoms with Gasteiger partial charge in [0.25, 0.3) is 17.7 Å². The fourth-order valence-corrected chi connectivity index (χ4v) is 5.78. The van der Waals surface area contributed by atoms with Crippen LogP contribution in [-0.2, 0) is 20.7 Å². The van der Waals surface area contributed by atoms with Gasteiger partial charge in [-0.25, -0.2) is 8.78 Å². The van der Waals surface area contributed by atoms with Gasteiger partial charge >= 0.3 is 0 Å². The zero-order valence-electron chi connectivity index (χ0n) is 25.4. The van der Waals surface area contributed by atoms with Crippen molar-refractivity contribution in [3.63, 3.8) is 0 Å². The molecule has 0 radical (unpaired) electrons. The minimum atomic E-state index is -3.42. The zero-order valence-corrected chi connectivity index (χ0v) is 25.4. The number of benzene rings is 2. The van der Waals surface area contributed by atoms with Gasteiger partial charge in [-0.1, -0.05) is 50.2 Å². The lowest BCUT2D eigenvalue weighted by Gasteiger charge is -2.34. The number of morpholine rings is 1. The molecule has 0 unspecified atom stereocenters. The van der Waals surface area contributed by atoms with Gasteiger partial charge in [-0.05, 0) is 44.0 Å². The molecule has 2 aliphatic rings. The molecule has 3 atom stereocenters. The smallest absolute Gasteiger partial charge is 0.272 e. The molecule has 2 fully saturated rings. The molecule has 2 aromatic carbocycles. The van der Waals surface area contributed by atoms with Crippen LogP contribution in [0.15, 0.2) is 48.5 Å². The number of phenols is 1. The molecule has 4 N–H and O–H groups in total. The fourth-order valence-electron chi connectivity index (χ4n) is 5.78. The third kappa shape index (κ3) is 7.36. The van der Waals surface area contributed by atoms with Gasteiger partial charge in [-0.15, -0.1) is 0 Å². The molecule has 4 rings (SSSR count). The maximum atomic E-state index is 15.3. The van der Waals surface area contributed by atoms with Crippen LogP contribution >= 0.6 is 0 Å². The van der Waals surface area contributed by atoms with Crippen LogP contribution < -0.4 is 10.6 Å². The van der Waals surface area contributed by atoms with E-state index in [4.69, 9.17) is 4.74 Å². The number of hydrogen-bond donors (Lipinski definition) is 4. The van der Waals surface area contributed by atoms with Crippen molar-refractivity contribution in [3.05, 3.63) is 65.2 Å². The van der Waals surface area contributed by atoms with Crippen LogP contribution in [-0.4, -0.2) is 108 Å². The first-order chi connectivity index (χ1) is 20.8. The van der Waals surface area contributed by atoms with Crippen LogP contribution in [0.2, 0.25) is 0 Å². The molecule has 10 nitrogen and oxygen atoms in total. The Bertz CT molecular complexity index is 1320. The summed E-state index contributed by atoms with van der Waals surface area (Å²) in [5.41, 5.74) is -0.812. The van der Waals surface area contributed by atoms with Crippen molar-refractivity contribution >= 4 is 17.7 Å². The molecule has 2 aromatic rings. The van der Waals surface area contributed by atoms with Crippen LogP contribution in [0, 0.1) is 12.3 Å². The number of likely N-dealkylation sites (tertiary alicyclic amines) is 1. The summed E-state index contributed by atoms with van der Waals surface area (Å²) in [6, 6.07) is 10.4. The molecular formula is C32H42F2N4O6. The molecular weight excluding hydrogens is 574 g/mol. The Morgan fingerprint density at radius 2 is 1.75 bits per heavy atom. The van der Waals surface area contributed by atoms with Crippen molar-refractivity contribution in [2.45, 2.75) is 57.7 Å². The largest absolute Gasteiger partial charge is 0.508 e. The van der Waals surface area contributed by atoms with Crippen LogP contribution in [0.3, 0.4) is 0 Å². The lowest BCUT2D eigenvalue weighted by molar-refractivity contribution is -0.148. The number of amides is 3. The number of aliphatic hydroxyl groups is 1. The molecule has 0 aliphatic carbocycles. The van der Waals surface area contributed by atoms with Crippen LogP contribution in [0.25, 0.3) is 0 Å². The number of aliphatic hydroxyl groups excluding tert-OH is 1. The predicted octanol–water partition coefficient (Wildman–Crippen LogP) is 2.11. The highest BCUT2D eigenvalue weighted by atomic mass is 19.3. The molecule has 2 aliphatic heterocycles. The van der Waals surface area contributed by atoms with E-state index < -0.39 is 53.8 Å². The molecule has 2 heterocycles. The van der Waals surface area contributed by atoms with Crippen molar-refractivity contribution in [2.24, 2.45) is 5.41 Å². The third-order valence-electron chi connectivity index (χ3n) is 8.69. The molecule has 0 bridgehead atoms. The minimum Gasteiger partial charge on any atom is -0.508 e. The summed E-state index contributed by atoms with van der Waals surface area (Å²) < 4.78 is 36.0. The lowest BCUT2D eigenvalue weighted by atomic mass is 9.81. The van der Waals surface area contributed by atoms with Gasteiger partial charge in [-0.2, -0.15) is 0 Å². The van der Waals surface area contributed by atoms with E-state index >= 15 is 8.78 Å². The predicted molar refractivity (Wildman–Crippen MR) is 159 cm³/mol. The molecule has 0 aromatic heterocycles. The normalized spacial score (nSPS) is 21.0. The van der Waals surface area contributed by atoms with Gasteiger partial charge in [0.05, 0.1) is 31.2 Å². The number of nitrogens with zero attached hydrogens (tertiary/aromatic N) is 2. The Morgan fingerprint density at radius 1 is 1.07 bits per heavy atom. The average Bonchev–Trinajstić information content (AvgIpc) is 3.19. The first-order valence-corrected chi connectivity index (χ1v) is 14.9. The number of alkyl halides is 2. The van der Waals surface area contributed by atoms with Crippen molar-refractivity contribution in [2.75, 3.05) is 45.9 Å². The van der Waals surface area contributed by atoms with Gasteiger partial charge in [0.15, 0.2) is 6.10 Å². The van der Waals surface area contributed by atoms with Crippen molar-refractivity contribution in [3.8, 4) is 5.75 Å². The van der Waals surface area contributed by atoms with E-state index in [0.717, 1.165) is 18.0 Å². The number of carbonyl (C=O) groups is 3. The van der Waals surface area contributed by atoms with E-state index in [1.165, 1.54) is 32.0 Å². The standard InChI is InChI=1S/C32H42F2N4O6/c1-21-23(11-7-12-25(21)39)28(41)36-24(19-22-9-5-4-6-10-22)26(40)30(43)38-20-32(33,34)31(2,3)27(38)29(42)35-13-8-14-37-15-17-44-18-16-37/h4-7,9-12,24,26-27,39-40H,8,13-20H2,1-3H3,(H,35,42)(H,36,41)/t24-,26-,27+/m0/s1. The Balaban J connectivity index is 1.53. The number of aromatic hydroxyl groups is 1. The Kier molecular flexibility index (Phi) is 10.6. The maximum absolute atomic E-state index is 15.3. The van der Waals surface area contributed by atoms with Crippen molar-refractivity contribution in [1.82, 2.24) is 20.4 Å². The van der Waals surface area contributed by atoms with Gasteiger partial charge in [-0.3, -0.25) is 19.3 Å². The Morgan fingerprint density at radius 3 is 2.43 bits per heavy atom. The van der Waals surface area contributed by atoms with Crippen LogP contribution in [0.5, 0.6) is 5.75 Å². The van der Waals surface area contributed by atoms with Crippen LogP contribution in [0.1, 0.15) is 41.8 Å². The lowest BCUT2D eigenvalue weighted by Crippen LogP contribution is -2.58. The van der Waals surface area contributed by atoms with E-state index in [0.29, 0.717) is 37.3 Å². The molecule has 3 amide bonds. The first kappa shape index (κ1) is 33.3. The summed E-state index contributed by atoms with van der Waals surface area (Å²) in [4.78, 5) is 43.4. The Labute approximate surface area is 256 Å². The molecule has 240 valence electrons. The van der Waals surface area contributed by atoms with Crippen molar-refractivity contribution < 1.29 is 38.1 Å². The zero-order chi connectivity index (χ0) is 32.1. The van der Waals surface area contributed by atoms with Gasteiger partial charge in [0, 0.05) is 30.8 Å². The SMILES string of the molecule is Cc1c(O)cccc1C(=O)N[C@@H](Cc1ccccc1)[C@H](O)C(=O)N1CC(F)(F)C(C)(C)[C@H]1C(=O)NCCCN1CCOCC1. The second-order valence-electron chi connectivity index (χ2n) is 12.1. The number of ether oxygens (including phenoxy) is 1. The molecule has 44 heavy (non-hydrogen) atoms. The van der Waals surface area contributed by atoms with Gasteiger partial charge < -0.3 is 30.5 Å². The van der Waals surface area contributed by atoms with Gasteiger partial charge in [0.2, 0.25) is 5.91 Å². The monoisotopic (exact) mass is 616 g/mol. The Hall–Kier alpha value is -3.61. The second kappa shape index (κ2) is 14.0. The maximum Gasteiger partial charge on any atom is 0.272 e. The van der Waals surface area contributed by atoms with E-state index in [9.17, 15) is 24.6 Å². The van der Waals surface area contributed by atoms with Gasteiger partial charge in [0.1, 0.15) is 11.8 Å². The number of rotatable bonds is 11. The summed E-state index contributed by atoms with van der Waals surface area (Å²) >= 11 is 0. The number of halogens is 2. The molecule has 12 heteroatoms. The molecule has 2 saturated heterocycles. The van der Waals surface area contributed by atoms with Crippen molar-refractivity contribution in [1.29, 1.82) is 0 Å². The summed E-state index contributed by atoms with van der Waals surface area (Å²) in [5.74, 6) is -6.00. The van der Waals surface area contributed by atoms with E-state index in [1.54, 1.807) is 37.3 Å². The highest BCUT2D eigenvalue weighted by molar-refractivity contribution is 5.97. The average molecular weight is 617 g/mol. The number of nitrogens with one attached hydrogen (secondary N) is 2. The topological polar surface area (TPSA) is 131 Å². The third-order valence-corrected chi connectivity index (χ3v) is 8.69. The fraction of sp³-hybridized carbons (Fsp3) is 0.531. The van der Waals surface area contributed by atoms with E-state index in [2.05, 4.69) is 15.5 Å². The first-order valence-electron chi connectivity index (χ1n) is 14.9. The number of hydrogen-bond acceptors (Lipinski definition) is 7. The minimum absolute atomic E-state index is 0.00335. The number of phenolic OH excluding ortho intramolecular Hbond substituents is 1. The summed E-state index contributed by atoms with van der Waals surface area (Å²) in [7, 11) is 0. The molecule has 0 saturated carbocycles. The summed E-state index contributed by atoms with van der Waals surface area (Å²) in [5, 5.41) is 26.8. The van der Waals surface area contributed by atoms with E-state index in [-0.39, 0.29) is 24.3 Å². The van der Waals surface area contributed by atoms with Crippen LogP contribution in [0.4, 0.5) is 8.78 Å². The highest BCUT2D eigenvalue weighted by Crippen LogP contribution is 2.48. The number of carbonyl (C=O) groups excluding carboxylic acids is 3.